The van der Waals surface area contributed by atoms with Crippen molar-refractivity contribution in [1.29, 1.82) is 0 Å². The SMILES string of the molecule is NS(=O)(=O)Cc1nc(Oc2ccc(F)cc2F)nc2[nH]nc(-c3ccccc3Cl)c12. The third-order valence-electron chi connectivity index (χ3n) is 4.04. The second-order valence-electron chi connectivity index (χ2n) is 6.21. The predicted octanol–water partition coefficient (Wildman–Crippen LogP) is 3.53. The highest BCUT2D eigenvalue weighted by molar-refractivity contribution is 7.88. The first kappa shape index (κ1) is 20.1. The fourth-order valence-electron chi connectivity index (χ4n) is 2.82. The molecule has 0 aliphatic heterocycles. The van der Waals surface area contributed by atoms with Gasteiger partial charge in [0.25, 0.3) is 0 Å². The second-order valence-corrected chi connectivity index (χ2v) is 8.23. The molecule has 0 unspecified atom stereocenters. The summed E-state index contributed by atoms with van der Waals surface area (Å²) in [5.74, 6) is -2.77. The van der Waals surface area contributed by atoms with E-state index >= 15 is 0 Å². The van der Waals surface area contributed by atoms with Gasteiger partial charge in [-0.1, -0.05) is 29.8 Å². The largest absolute Gasteiger partial charge is 0.421 e. The number of nitrogens with one attached hydrogen (secondary N) is 1. The normalized spacial score (nSPS) is 11.7. The Morgan fingerprint density at radius 2 is 1.90 bits per heavy atom. The maximum atomic E-state index is 13.9. The van der Waals surface area contributed by atoms with E-state index in [0.29, 0.717) is 22.3 Å². The van der Waals surface area contributed by atoms with Gasteiger partial charge in [-0.25, -0.2) is 22.3 Å². The number of nitrogens with two attached hydrogens (primary N) is 1. The van der Waals surface area contributed by atoms with Gasteiger partial charge in [0.1, 0.15) is 17.3 Å². The Hall–Kier alpha value is -3.15. The van der Waals surface area contributed by atoms with Gasteiger partial charge in [0.2, 0.25) is 10.0 Å². The molecule has 8 nitrogen and oxygen atoms in total. The zero-order valence-corrected chi connectivity index (χ0v) is 16.5. The number of sulfonamides is 1. The van der Waals surface area contributed by atoms with Gasteiger partial charge < -0.3 is 4.74 Å². The summed E-state index contributed by atoms with van der Waals surface area (Å²) >= 11 is 6.24. The summed E-state index contributed by atoms with van der Waals surface area (Å²) in [4.78, 5) is 8.19. The molecule has 4 rings (SSSR count). The van der Waals surface area contributed by atoms with Crippen molar-refractivity contribution in [3.05, 3.63) is 64.8 Å². The molecule has 0 aliphatic rings. The average molecular weight is 452 g/mol. The molecule has 0 amide bonds. The number of H-pyrrole nitrogens is 1. The highest BCUT2D eigenvalue weighted by atomic mass is 35.5. The molecule has 0 radical (unpaired) electrons. The maximum Gasteiger partial charge on any atom is 0.324 e. The number of benzene rings is 2. The van der Waals surface area contributed by atoms with E-state index in [1.807, 2.05) is 0 Å². The predicted molar refractivity (Wildman–Crippen MR) is 105 cm³/mol. The van der Waals surface area contributed by atoms with Crippen LogP contribution in [0.3, 0.4) is 0 Å². The van der Waals surface area contributed by atoms with Crippen molar-refractivity contribution in [2.45, 2.75) is 5.75 Å². The van der Waals surface area contributed by atoms with Gasteiger partial charge in [-0.05, 0) is 18.2 Å². The van der Waals surface area contributed by atoms with Crippen molar-refractivity contribution in [1.82, 2.24) is 20.2 Å². The van der Waals surface area contributed by atoms with Gasteiger partial charge >= 0.3 is 6.01 Å². The van der Waals surface area contributed by atoms with Crippen LogP contribution in [-0.2, 0) is 15.8 Å². The van der Waals surface area contributed by atoms with Crippen LogP contribution in [0.2, 0.25) is 5.02 Å². The third-order valence-corrected chi connectivity index (χ3v) is 5.04. The lowest BCUT2D eigenvalue weighted by Crippen LogP contribution is -2.16. The number of hydrogen-bond donors (Lipinski definition) is 2. The van der Waals surface area contributed by atoms with E-state index in [9.17, 15) is 17.2 Å². The van der Waals surface area contributed by atoms with E-state index in [1.54, 1.807) is 24.3 Å². The zero-order valence-electron chi connectivity index (χ0n) is 14.9. The zero-order chi connectivity index (χ0) is 21.5. The van der Waals surface area contributed by atoms with Crippen LogP contribution in [0.1, 0.15) is 5.69 Å². The first-order valence-electron chi connectivity index (χ1n) is 8.34. The number of aromatic amines is 1. The Bertz CT molecular complexity index is 1380. The van der Waals surface area contributed by atoms with Crippen LogP contribution in [0.4, 0.5) is 8.78 Å². The molecule has 0 aliphatic carbocycles. The molecule has 2 aromatic heterocycles. The molecule has 0 fully saturated rings. The lowest BCUT2D eigenvalue weighted by molar-refractivity contribution is 0.408. The number of primary sulfonamides is 1. The van der Waals surface area contributed by atoms with Gasteiger partial charge in [-0.15, -0.1) is 0 Å². The minimum Gasteiger partial charge on any atom is -0.421 e. The molecule has 2 aromatic carbocycles. The molecule has 2 heterocycles. The number of nitrogens with zero attached hydrogens (tertiary/aromatic N) is 3. The Kier molecular flexibility index (Phi) is 5.10. The van der Waals surface area contributed by atoms with Crippen molar-refractivity contribution in [3.63, 3.8) is 0 Å². The van der Waals surface area contributed by atoms with Crippen molar-refractivity contribution < 1.29 is 21.9 Å². The average Bonchev–Trinajstić information content (AvgIpc) is 3.07. The lowest BCUT2D eigenvalue weighted by atomic mass is 10.1. The van der Waals surface area contributed by atoms with Crippen LogP contribution in [0, 0.1) is 11.6 Å². The monoisotopic (exact) mass is 451 g/mol. The summed E-state index contributed by atoms with van der Waals surface area (Å²) in [5.41, 5.74) is 0.927. The Labute approximate surface area is 173 Å². The van der Waals surface area contributed by atoms with E-state index in [4.69, 9.17) is 21.5 Å². The summed E-state index contributed by atoms with van der Waals surface area (Å²) in [6.07, 6.45) is 0. The van der Waals surface area contributed by atoms with Crippen molar-refractivity contribution >= 4 is 32.7 Å². The van der Waals surface area contributed by atoms with Crippen LogP contribution in [-0.4, -0.2) is 28.6 Å². The van der Waals surface area contributed by atoms with Crippen LogP contribution >= 0.6 is 11.6 Å². The first-order valence-corrected chi connectivity index (χ1v) is 10.4. The van der Waals surface area contributed by atoms with Crippen LogP contribution in [0.5, 0.6) is 11.8 Å². The molecule has 0 saturated carbocycles. The summed E-state index contributed by atoms with van der Waals surface area (Å²) < 4.78 is 55.8. The Morgan fingerprint density at radius 1 is 1.13 bits per heavy atom. The van der Waals surface area contributed by atoms with Gasteiger partial charge in [0, 0.05) is 11.6 Å². The van der Waals surface area contributed by atoms with E-state index in [1.165, 1.54) is 0 Å². The highest BCUT2D eigenvalue weighted by Crippen LogP contribution is 2.34. The third kappa shape index (κ3) is 4.08. The molecule has 0 saturated heterocycles. The molecule has 0 bridgehead atoms. The molecule has 30 heavy (non-hydrogen) atoms. The minimum atomic E-state index is -4.00. The quantitative estimate of drug-likeness (QED) is 0.478. The van der Waals surface area contributed by atoms with Gasteiger partial charge in [0.05, 0.1) is 16.1 Å². The molecule has 0 atom stereocenters. The van der Waals surface area contributed by atoms with E-state index in [0.717, 1.165) is 12.1 Å². The maximum absolute atomic E-state index is 13.9. The Balaban J connectivity index is 1.88. The number of hydrogen-bond acceptors (Lipinski definition) is 6. The summed E-state index contributed by atoms with van der Waals surface area (Å²) in [7, 11) is -4.00. The van der Waals surface area contributed by atoms with E-state index in [-0.39, 0.29) is 28.5 Å². The highest BCUT2D eigenvalue weighted by Gasteiger charge is 2.22. The molecule has 3 N–H and O–H groups in total. The summed E-state index contributed by atoms with van der Waals surface area (Å²) in [6, 6.07) is 9.10. The van der Waals surface area contributed by atoms with Crippen LogP contribution in [0.15, 0.2) is 42.5 Å². The standard InChI is InChI=1S/C18H12ClF2N5O3S/c19-11-4-2-1-3-10(11)16-15-13(8-30(22,27)28)23-18(24-17(15)26-25-16)29-14-6-5-9(20)7-12(14)21/h1-7H,8H2,(H2,22,27,28)(H,23,24,25,26). The lowest BCUT2D eigenvalue weighted by Gasteiger charge is -2.09. The molecular weight excluding hydrogens is 440 g/mol. The summed E-state index contributed by atoms with van der Waals surface area (Å²) in [6.45, 7) is 0. The van der Waals surface area contributed by atoms with Crippen molar-refractivity contribution in [2.75, 3.05) is 0 Å². The minimum absolute atomic E-state index is 0.0244. The fourth-order valence-corrected chi connectivity index (χ4v) is 3.64. The van der Waals surface area contributed by atoms with Crippen molar-refractivity contribution in [2.24, 2.45) is 5.14 Å². The van der Waals surface area contributed by atoms with Gasteiger partial charge in [-0.3, -0.25) is 5.10 Å². The molecule has 154 valence electrons. The second kappa shape index (κ2) is 7.59. The van der Waals surface area contributed by atoms with Gasteiger partial charge in [-0.2, -0.15) is 15.1 Å². The van der Waals surface area contributed by atoms with Crippen LogP contribution < -0.4 is 9.88 Å². The van der Waals surface area contributed by atoms with Crippen molar-refractivity contribution in [3.8, 4) is 23.0 Å². The molecule has 4 aromatic rings. The van der Waals surface area contributed by atoms with E-state index in [2.05, 4.69) is 20.2 Å². The smallest absolute Gasteiger partial charge is 0.324 e. The number of halogens is 3. The number of ether oxygens (including phenoxy) is 1. The molecular formula is C18H12ClF2N5O3S. The number of aromatic nitrogens is 4. The fraction of sp³-hybridized carbons (Fsp3) is 0.0556. The first-order chi connectivity index (χ1) is 14.2. The molecule has 12 heteroatoms. The Morgan fingerprint density at radius 3 is 2.60 bits per heavy atom. The van der Waals surface area contributed by atoms with E-state index < -0.39 is 27.4 Å². The number of rotatable bonds is 5. The summed E-state index contributed by atoms with van der Waals surface area (Å²) in [5, 5.41) is 12.7. The number of fused-ring (bicyclic) bond motifs is 1. The van der Waals surface area contributed by atoms with Crippen LogP contribution in [0.25, 0.3) is 22.3 Å². The topological polar surface area (TPSA) is 124 Å². The molecule has 0 spiro atoms. The van der Waals surface area contributed by atoms with Gasteiger partial charge in [0.15, 0.2) is 17.2 Å².